The molecule has 0 aliphatic carbocycles. The minimum absolute atomic E-state index is 0.385. The van der Waals surface area contributed by atoms with E-state index in [1.807, 2.05) is 0 Å². The Morgan fingerprint density at radius 3 is 1.15 bits per heavy atom. The standard InChI is InChI=1S/C42H44O10/c1-3-39(43)49-27-11-7-5-9-25-47-35-19-13-31(14-20-35)41(45)51-37-23-17-34-30-38(24-18-33(34)29-37)52-42(46)32-15-21-36(22-16-32)48-26-10-6-8-12-28-50-40(44)4-2/h3-4,13-24,29-30H,1-2,5-12,25-28H2. The first-order valence-electron chi connectivity index (χ1n) is 17.4. The lowest BCUT2D eigenvalue weighted by Crippen LogP contribution is -2.09. The highest BCUT2D eigenvalue weighted by atomic mass is 16.5. The monoisotopic (exact) mass is 708 g/mol. The Labute approximate surface area is 303 Å². The third-order valence-corrected chi connectivity index (χ3v) is 7.82. The first-order valence-corrected chi connectivity index (χ1v) is 17.4. The summed E-state index contributed by atoms with van der Waals surface area (Å²) in [6, 6.07) is 24.0. The number of hydrogen-bond donors (Lipinski definition) is 0. The van der Waals surface area contributed by atoms with Crippen molar-refractivity contribution in [3.05, 3.63) is 121 Å². The van der Waals surface area contributed by atoms with Crippen LogP contribution in [0.25, 0.3) is 10.8 Å². The van der Waals surface area contributed by atoms with Gasteiger partial charge in [-0.3, -0.25) is 0 Å². The molecular formula is C42H44O10. The summed E-state index contributed by atoms with van der Waals surface area (Å²) in [5.41, 5.74) is 0.779. The average Bonchev–Trinajstić information content (AvgIpc) is 3.17. The van der Waals surface area contributed by atoms with Crippen molar-refractivity contribution in [2.75, 3.05) is 26.4 Å². The van der Waals surface area contributed by atoms with Crippen LogP contribution in [0.5, 0.6) is 23.0 Å². The first kappa shape index (κ1) is 38.9. The molecule has 4 aromatic rings. The predicted molar refractivity (Wildman–Crippen MR) is 197 cm³/mol. The first-order chi connectivity index (χ1) is 25.3. The quantitative estimate of drug-likeness (QED) is 0.0339. The smallest absolute Gasteiger partial charge is 0.343 e. The molecule has 52 heavy (non-hydrogen) atoms. The Kier molecular flexibility index (Phi) is 16.0. The maximum atomic E-state index is 12.8. The van der Waals surface area contributed by atoms with Gasteiger partial charge in [0.2, 0.25) is 0 Å². The van der Waals surface area contributed by atoms with Gasteiger partial charge in [0.1, 0.15) is 23.0 Å². The summed E-state index contributed by atoms with van der Waals surface area (Å²) < 4.78 is 32.7. The van der Waals surface area contributed by atoms with E-state index in [2.05, 4.69) is 13.2 Å². The van der Waals surface area contributed by atoms with Crippen molar-refractivity contribution < 1.29 is 47.6 Å². The summed E-state index contributed by atoms with van der Waals surface area (Å²) in [7, 11) is 0. The van der Waals surface area contributed by atoms with Crippen molar-refractivity contribution in [3.8, 4) is 23.0 Å². The van der Waals surface area contributed by atoms with Crippen LogP contribution in [0.2, 0.25) is 0 Å². The van der Waals surface area contributed by atoms with E-state index in [0.717, 1.165) is 74.3 Å². The van der Waals surface area contributed by atoms with Crippen molar-refractivity contribution in [1.29, 1.82) is 0 Å². The van der Waals surface area contributed by atoms with Gasteiger partial charge in [0.15, 0.2) is 0 Å². The van der Waals surface area contributed by atoms with Crippen molar-refractivity contribution in [2.24, 2.45) is 0 Å². The molecule has 0 N–H and O–H groups in total. The van der Waals surface area contributed by atoms with E-state index in [0.29, 0.717) is 60.6 Å². The Hall–Kier alpha value is -5.90. The average molecular weight is 709 g/mol. The summed E-state index contributed by atoms with van der Waals surface area (Å²) in [6.45, 7) is 8.59. The Morgan fingerprint density at radius 1 is 0.442 bits per heavy atom. The highest BCUT2D eigenvalue weighted by molar-refractivity contribution is 5.94. The molecule has 0 aromatic heterocycles. The SMILES string of the molecule is C=CC(=O)OCCCCCCOc1ccc(C(=O)Oc2ccc3cc(OC(=O)c4ccc(OCCCCCCOC(=O)C=C)cc4)ccc3c2)cc1. The van der Waals surface area contributed by atoms with Gasteiger partial charge in [0.25, 0.3) is 0 Å². The van der Waals surface area contributed by atoms with E-state index < -0.39 is 23.9 Å². The van der Waals surface area contributed by atoms with Gasteiger partial charge in [-0.2, -0.15) is 0 Å². The van der Waals surface area contributed by atoms with E-state index in [1.165, 1.54) is 0 Å². The molecule has 0 radical (unpaired) electrons. The Morgan fingerprint density at radius 2 is 0.788 bits per heavy atom. The van der Waals surface area contributed by atoms with Gasteiger partial charge in [-0.05, 0) is 135 Å². The number of carbonyl (C=O) groups is 4. The van der Waals surface area contributed by atoms with E-state index >= 15 is 0 Å². The Balaban J connectivity index is 1.16. The van der Waals surface area contributed by atoms with Crippen LogP contribution in [0.15, 0.2) is 110 Å². The second-order valence-corrected chi connectivity index (χ2v) is 11.8. The van der Waals surface area contributed by atoms with Gasteiger partial charge in [-0.25, -0.2) is 19.2 Å². The second kappa shape index (κ2) is 21.3. The second-order valence-electron chi connectivity index (χ2n) is 11.8. The minimum Gasteiger partial charge on any atom is -0.494 e. The number of benzene rings is 4. The number of unbranched alkanes of at least 4 members (excludes halogenated alkanes) is 6. The highest BCUT2D eigenvalue weighted by Crippen LogP contribution is 2.27. The lowest BCUT2D eigenvalue weighted by molar-refractivity contribution is -0.138. The van der Waals surface area contributed by atoms with Crippen LogP contribution in [0.4, 0.5) is 0 Å². The van der Waals surface area contributed by atoms with Crippen LogP contribution >= 0.6 is 0 Å². The van der Waals surface area contributed by atoms with E-state index in [4.69, 9.17) is 28.4 Å². The zero-order valence-corrected chi connectivity index (χ0v) is 29.2. The normalized spacial score (nSPS) is 10.5. The maximum Gasteiger partial charge on any atom is 0.343 e. The van der Waals surface area contributed by atoms with E-state index in [9.17, 15) is 19.2 Å². The molecule has 0 aliphatic rings. The van der Waals surface area contributed by atoms with Crippen molar-refractivity contribution in [2.45, 2.75) is 51.4 Å². The largest absolute Gasteiger partial charge is 0.494 e. The fourth-order valence-electron chi connectivity index (χ4n) is 4.99. The maximum absolute atomic E-state index is 12.8. The van der Waals surface area contributed by atoms with Crippen LogP contribution < -0.4 is 18.9 Å². The van der Waals surface area contributed by atoms with E-state index in [1.54, 1.807) is 84.9 Å². The molecule has 0 fully saturated rings. The van der Waals surface area contributed by atoms with E-state index in [-0.39, 0.29) is 0 Å². The zero-order valence-electron chi connectivity index (χ0n) is 29.2. The molecule has 0 bridgehead atoms. The summed E-state index contributed by atoms with van der Waals surface area (Å²) in [6.07, 6.45) is 9.37. The fourth-order valence-corrected chi connectivity index (χ4v) is 4.99. The molecule has 0 aliphatic heterocycles. The number of hydrogen-bond acceptors (Lipinski definition) is 10. The third kappa shape index (κ3) is 13.4. The molecule has 10 heteroatoms. The zero-order chi connectivity index (χ0) is 37.0. The topological polar surface area (TPSA) is 124 Å². The van der Waals surface area contributed by atoms with Gasteiger partial charge in [-0.1, -0.05) is 25.3 Å². The van der Waals surface area contributed by atoms with Crippen molar-refractivity contribution >= 4 is 34.6 Å². The molecule has 0 saturated carbocycles. The lowest BCUT2D eigenvalue weighted by atomic mass is 10.1. The van der Waals surface area contributed by atoms with Crippen molar-refractivity contribution in [1.82, 2.24) is 0 Å². The fraction of sp³-hybridized carbons (Fsp3) is 0.286. The lowest BCUT2D eigenvalue weighted by Gasteiger charge is -2.10. The number of ether oxygens (including phenoxy) is 6. The molecule has 0 spiro atoms. The van der Waals surface area contributed by atoms with Crippen LogP contribution in [0, 0.1) is 0 Å². The number of fused-ring (bicyclic) bond motifs is 1. The molecular weight excluding hydrogens is 664 g/mol. The Bertz CT molecular complexity index is 1660. The minimum atomic E-state index is -0.495. The summed E-state index contributed by atoms with van der Waals surface area (Å²) in [4.78, 5) is 47.6. The highest BCUT2D eigenvalue weighted by Gasteiger charge is 2.12. The summed E-state index contributed by atoms with van der Waals surface area (Å²) >= 11 is 0. The molecule has 4 rings (SSSR count). The van der Waals surface area contributed by atoms with Crippen LogP contribution in [-0.4, -0.2) is 50.3 Å². The van der Waals surface area contributed by atoms with Gasteiger partial charge in [0, 0.05) is 12.2 Å². The van der Waals surface area contributed by atoms with Gasteiger partial charge in [0.05, 0.1) is 37.6 Å². The van der Waals surface area contributed by atoms with Crippen LogP contribution in [0.3, 0.4) is 0 Å². The van der Waals surface area contributed by atoms with Gasteiger partial charge < -0.3 is 28.4 Å². The van der Waals surface area contributed by atoms with Crippen LogP contribution in [-0.2, 0) is 19.1 Å². The van der Waals surface area contributed by atoms with Crippen molar-refractivity contribution in [3.63, 3.8) is 0 Å². The number of esters is 4. The molecule has 10 nitrogen and oxygen atoms in total. The molecule has 0 atom stereocenters. The number of carbonyl (C=O) groups excluding carboxylic acids is 4. The molecule has 0 amide bonds. The predicted octanol–water partition coefficient (Wildman–Crippen LogP) is 8.62. The summed E-state index contributed by atoms with van der Waals surface area (Å²) in [5, 5.41) is 1.62. The number of rotatable bonds is 22. The third-order valence-electron chi connectivity index (χ3n) is 7.82. The van der Waals surface area contributed by atoms with Gasteiger partial charge in [-0.15, -0.1) is 0 Å². The van der Waals surface area contributed by atoms with Gasteiger partial charge >= 0.3 is 23.9 Å². The summed E-state index contributed by atoms with van der Waals surface area (Å²) in [5.74, 6) is 0.290. The van der Waals surface area contributed by atoms with Crippen LogP contribution in [0.1, 0.15) is 72.1 Å². The molecule has 272 valence electrons. The molecule has 0 unspecified atom stereocenters. The molecule has 4 aromatic carbocycles. The molecule has 0 saturated heterocycles. The molecule has 0 heterocycles.